The van der Waals surface area contributed by atoms with Gasteiger partial charge in [0.05, 0.1) is 12.7 Å². The van der Waals surface area contributed by atoms with Crippen LogP contribution in [0, 0.1) is 0 Å². The van der Waals surface area contributed by atoms with Crippen molar-refractivity contribution in [2.45, 2.75) is 12.5 Å². The second-order valence-corrected chi connectivity index (χ2v) is 5.03. The first-order valence-corrected chi connectivity index (χ1v) is 5.29. The molecule has 14 heavy (non-hydrogen) atoms. The van der Waals surface area contributed by atoms with Crippen molar-refractivity contribution in [1.82, 2.24) is 9.03 Å². The third-order valence-corrected chi connectivity index (χ3v) is 3.13. The molecule has 0 bridgehead atoms. The summed E-state index contributed by atoms with van der Waals surface area (Å²) in [6, 6.07) is 0. The summed E-state index contributed by atoms with van der Waals surface area (Å²) in [4.78, 5) is 10.6. The molecule has 82 valence electrons. The van der Waals surface area contributed by atoms with E-state index in [4.69, 9.17) is 0 Å². The highest BCUT2D eigenvalue weighted by Crippen LogP contribution is 2.22. The molecule has 1 rings (SSSR count). The molecule has 1 aliphatic heterocycles. The number of hydrogen-bond acceptors (Lipinski definition) is 5. The number of nitrogens with one attached hydrogen (secondary N) is 1. The largest absolute Gasteiger partial charge is 0.452 e. The van der Waals surface area contributed by atoms with Crippen molar-refractivity contribution in [3.05, 3.63) is 0 Å². The van der Waals surface area contributed by atoms with E-state index in [-0.39, 0.29) is 13.1 Å². The van der Waals surface area contributed by atoms with Crippen LogP contribution in [0.2, 0.25) is 0 Å². The Morgan fingerprint density at radius 2 is 2.07 bits per heavy atom. The van der Waals surface area contributed by atoms with Crippen molar-refractivity contribution in [3.63, 3.8) is 0 Å². The maximum atomic E-state index is 11.3. The van der Waals surface area contributed by atoms with Crippen LogP contribution in [0.25, 0.3) is 0 Å². The topological polar surface area (TPSA) is 95.9 Å². The second-order valence-electron chi connectivity index (χ2n) is 3.36. The Kier molecular flexibility index (Phi) is 2.70. The van der Waals surface area contributed by atoms with Gasteiger partial charge in [-0.3, -0.25) is 0 Å². The standard InChI is InChI=1S/C6H12N2O5S/c1-6(10)3-8(4-6)14(11,12)7-5(9)13-2/h10H,3-4H2,1-2H3,(H,7,9). The van der Waals surface area contributed by atoms with Crippen molar-refractivity contribution < 1.29 is 23.1 Å². The lowest BCUT2D eigenvalue weighted by atomic mass is 10.0. The summed E-state index contributed by atoms with van der Waals surface area (Å²) in [5.74, 6) is 0. The SMILES string of the molecule is COC(=O)NS(=O)(=O)N1CC(C)(O)C1. The van der Waals surface area contributed by atoms with Crippen LogP contribution >= 0.6 is 0 Å². The molecule has 2 N–H and O–H groups in total. The van der Waals surface area contributed by atoms with Crippen LogP contribution in [0.1, 0.15) is 6.92 Å². The van der Waals surface area contributed by atoms with E-state index >= 15 is 0 Å². The summed E-state index contributed by atoms with van der Waals surface area (Å²) >= 11 is 0. The fourth-order valence-electron chi connectivity index (χ4n) is 1.10. The van der Waals surface area contributed by atoms with Crippen LogP contribution in [-0.4, -0.2) is 49.7 Å². The molecule has 0 radical (unpaired) electrons. The maximum absolute atomic E-state index is 11.3. The maximum Gasteiger partial charge on any atom is 0.421 e. The molecule has 8 heteroatoms. The molecular formula is C6H12N2O5S. The van der Waals surface area contributed by atoms with Crippen LogP contribution in [0.3, 0.4) is 0 Å². The molecule has 0 aromatic heterocycles. The number of ether oxygens (including phenoxy) is 1. The summed E-state index contributed by atoms with van der Waals surface area (Å²) in [5, 5.41) is 9.29. The van der Waals surface area contributed by atoms with Crippen molar-refractivity contribution >= 4 is 16.3 Å². The van der Waals surface area contributed by atoms with Gasteiger partial charge in [-0.2, -0.15) is 12.7 Å². The van der Waals surface area contributed by atoms with Crippen LogP contribution in [0.15, 0.2) is 0 Å². The predicted octanol–water partition coefficient (Wildman–Crippen LogP) is -1.35. The molecule has 1 heterocycles. The molecule has 1 amide bonds. The molecule has 1 fully saturated rings. The van der Waals surface area contributed by atoms with E-state index in [9.17, 15) is 18.3 Å². The van der Waals surface area contributed by atoms with Gasteiger partial charge in [0.1, 0.15) is 0 Å². The van der Waals surface area contributed by atoms with E-state index in [1.807, 2.05) is 0 Å². The molecule has 1 aliphatic rings. The average molecular weight is 224 g/mol. The lowest BCUT2D eigenvalue weighted by molar-refractivity contribution is -0.0431. The monoisotopic (exact) mass is 224 g/mol. The summed E-state index contributed by atoms with van der Waals surface area (Å²) in [5.41, 5.74) is -1.01. The smallest absolute Gasteiger partial charge is 0.421 e. The van der Waals surface area contributed by atoms with Crippen LogP contribution < -0.4 is 4.72 Å². The minimum absolute atomic E-state index is 0.0284. The highest BCUT2D eigenvalue weighted by Gasteiger charge is 2.44. The first-order chi connectivity index (χ1) is 6.27. The third-order valence-electron chi connectivity index (χ3n) is 1.77. The first kappa shape index (κ1) is 11.2. The number of carbonyl (C=O) groups excluding carboxylic acids is 1. The molecule has 0 spiro atoms. The summed E-state index contributed by atoms with van der Waals surface area (Å²) in [6.07, 6.45) is -1.04. The number of nitrogens with zero attached hydrogens (tertiary/aromatic N) is 1. The van der Waals surface area contributed by atoms with E-state index in [1.165, 1.54) is 6.92 Å². The van der Waals surface area contributed by atoms with Gasteiger partial charge < -0.3 is 9.84 Å². The minimum atomic E-state index is -3.86. The number of carbonyl (C=O) groups is 1. The number of aliphatic hydroxyl groups is 1. The zero-order chi connectivity index (χ0) is 11.0. The number of methoxy groups -OCH3 is 1. The van der Waals surface area contributed by atoms with Crippen LogP contribution in [-0.2, 0) is 14.9 Å². The number of amides is 1. The number of hydrogen-bond donors (Lipinski definition) is 2. The Bertz CT molecular complexity index is 328. The highest BCUT2D eigenvalue weighted by molar-refractivity contribution is 7.87. The van der Waals surface area contributed by atoms with Gasteiger partial charge in [-0.25, -0.2) is 9.52 Å². The Labute approximate surface area is 81.8 Å². The van der Waals surface area contributed by atoms with E-state index in [0.29, 0.717) is 0 Å². The van der Waals surface area contributed by atoms with Crippen LogP contribution in [0.5, 0.6) is 0 Å². The molecule has 0 aromatic rings. The molecule has 1 saturated heterocycles. The van der Waals surface area contributed by atoms with Gasteiger partial charge in [0.2, 0.25) is 0 Å². The number of rotatable bonds is 2. The van der Waals surface area contributed by atoms with E-state index in [0.717, 1.165) is 11.4 Å². The molecule has 0 saturated carbocycles. The van der Waals surface area contributed by atoms with Gasteiger partial charge in [-0.1, -0.05) is 0 Å². The zero-order valence-corrected chi connectivity index (χ0v) is 8.67. The van der Waals surface area contributed by atoms with Gasteiger partial charge in [0.25, 0.3) is 0 Å². The molecule has 0 aliphatic carbocycles. The average Bonchev–Trinajstić information content (AvgIpc) is 1.99. The normalized spacial score (nSPS) is 21.1. The molecule has 7 nitrogen and oxygen atoms in total. The van der Waals surface area contributed by atoms with Crippen LogP contribution in [0.4, 0.5) is 4.79 Å². The van der Waals surface area contributed by atoms with Gasteiger partial charge in [-0.05, 0) is 6.92 Å². The second kappa shape index (κ2) is 3.37. The quantitative estimate of drug-likeness (QED) is 0.605. The Morgan fingerprint density at radius 1 is 1.57 bits per heavy atom. The first-order valence-electron chi connectivity index (χ1n) is 3.85. The third kappa shape index (κ3) is 2.34. The molecule has 0 unspecified atom stereocenters. The van der Waals surface area contributed by atoms with Gasteiger partial charge in [0, 0.05) is 13.1 Å². The van der Waals surface area contributed by atoms with E-state index in [1.54, 1.807) is 4.72 Å². The Hall–Kier alpha value is -0.860. The Balaban J connectivity index is 2.57. The Morgan fingerprint density at radius 3 is 2.43 bits per heavy atom. The molecular weight excluding hydrogens is 212 g/mol. The summed E-state index contributed by atoms with van der Waals surface area (Å²) in [6.45, 7) is 1.45. The summed E-state index contributed by atoms with van der Waals surface area (Å²) in [7, 11) is -2.79. The van der Waals surface area contributed by atoms with Gasteiger partial charge in [-0.15, -0.1) is 0 Å². The minimum Gasteiger partial charge on any atom is -0.452 e. The number of β-amino-alcohol motifs (C(OH)–C–C–N with tert-alkyl or cyclic N) is 1. The van der Waals surface area contributed by atoms with E-state index < -0.39 is 21.9 Å². The lowest BCUT2D eigenvalue weighted by Gasteiger charge is -2.42. The van der Waals surface area contributed by atoms with Crippen molar-refractivity contribution in [2.75, 3.05) is 20.2 Å². The lowest BCUT2D eigenvalue weighted by Crippen LogP contribution is -2.64. The predicted molar refractivity (Wildman–Crippen MR) is 46.7 cm³/mol. The highest BCUT2D eigenvalue weighted by atomic mass is 32.2. The van der Waals surface area contributed by atoms with Crippen molar-refractivity contribution in [2.24, 2.45) is 0 Å². The fraction of sp³-hybridized carbons (Fsp3) is 0.833. The fourth-order valence-corrected chi connectivity index (χ4v) is 2.41. The molecule has 0 aromatic carbocycles. The zero-order valence-electron chi connectivity index (χ0n) is 7.85. The van der Waals surface area contributed by atoms with Crippen molar-refractivity contribution in [3.8, 4) is 0 Å². The van der Waals surface area contributed by atoms with E-state index in [2.05, 4.69) is 4.74 Å². The summed E-state index contributed by atoms with van der Waals surface area (Å²) < 4.78 is 29.3. The molecule has 0 atom stereocenters. The van der Waals surface area contributed by atoms with Gasteiger partial charge in [0.15, 0.2) is 0 Å². The van der Waals surface area contributed by atoms with Gasteiger partial charge >= 0.3 is 16.3 Å². The van der Waals surface area contributed by atoms with Crippen molar-refractivity contribution in [1.29, 1.82) is 0 Å².